The fourth-order valence-corrected chi connectivity index (χ4v) is 6.33. The first kappa shape index (κ1) is 22.8. The molecular formula is C25H32ClN5OS. The molecule has 2 saturated heterocycles. The SMILES string of the molecule is CCCN1C[C@@H](Nc2nc(N3CCC(c4ccc(Cl)cc4)CC3)nc3c2SCC3)CCC1=O. The monoisotopic (exact) mass is 485 g/mol. The molecule has 5 rings (SSSR count). The van der Waals surface area contributed by atoms with Gasteiger partial charge in [-0.2, -0.15) is 4.98 Å². The minimum atomic E-state index is 0.248. The van der Waals surface area contributed by atoms with E-state index in [9.17, 15) is 4.79 Å². The van der Waals surface area contributed by atoms with Crippen LogP contribution in [0.2, 0.25) is 5.02 Å². The summed E-state index contributed by atoms with van der Waals surface area (Å²) in [4.78, 5) is 27.8. The highest BCUT2D eigenvalue weighted by atomic mass is 35.5. The average Bonchev–Trinajstić information content (AvgIpc) is 3.31. The normalized spacial score (nSPS) is 21.4. The summed E-state index contributed by atoms with van der Waals surface area (Å²) in [5.41, 5.74) is 2.54. The summed E-state index contributed by atoms with van der Waals surface area (Å²) in [7, 11) is 0. The van der Waals surface area contributed by atoms with Crippen molar-refractivity contribution in [3.8, 4) is 0 Å². The van der Waals surface area contributed by atoms with Crippen molar-refractivity contribution >= 4 is 41.0 Å². The minimum Gasteiger partial charge on any atom is -0.364 e. The molecule has 0 saturated carbocycles. The van der Waals surface area contributed by atoms with Crippen LogP contribution in [-0.4, -0.2) is 58.7 Å². The first-order valence-corrected chi connectivity index (χ1v) is 13.6. The summed E-state index contributed by atoms with van der Waals surface area (Å²) in [6.45, 7) is 5.64. The molecular weight excluding hydrogens is 454 g/mol. The number of aryl methyl sites for hydroxylation is 1. The van der Waals surface area contributed by atoms with Gasteiger partial charge in [0.2, 0.25) is 11.9 Å². The second kappa shape index (κ2) is 10.1. The topological polar surface area (TPSA) is 61.4 Å². The third-order valence-electron chi connectivity index (χ3n) is 6.96. The van der Waals surface area contributed by atoms with E-state index < -0.39 is 0 Å². The highest BCUT2D eigenvalue weighted by molar-refractivity contribution is 7.99. The van der Waals surface area contributed by atoms with E-state index >= 15 is 0 Å². The number of carbonyl (C=O) groups is 1. The molecule has 0 spiro atoms. The Morgan fingerprint density at radius 3 is 2.67 bits per heavy atom. The van der Waals surface area contributed by atoms with Gasteiger partial charge in [-0.1, -0.05) is 30.7 Å². The second-order valence-electron chi connectivity index (χ2n) is 9.28. The number of thioether (sulfide) groups is 1. The highest BCUT2D eigenvalue weighted by Gasteiger charge is 2.29. The number of fused-ring (bicyclic) bond motifs is 1. The van der Waals surface area contributed by atoms with Crippen molar-refractivity contribution in [1.82, 2.24) is 14.9 Å². The molecule has 1 atom stereocenters. The van der Waals surface area contributed by atoms with Crippen LogP contribution in [0, 0.1) is 0 Å². The average molecular weight is 486 g/mol. The molecule has 0 unspecified atom stereocenters. The Bertz CT molecular complexity index is 993. The molecule has 2 aromatic rings. The predicted molar refractivity (Wildman–Crippen MR) is 136 cm³/mol. The van der Waals surface area contributed by atoms with Gasteiger partial charge in [0.25, 0.3) is 0 Å². The number of nitrogens with zero attached hydrogens (tertiary/aromatic N) is 4. The highest BCUT2D eigenvalue weighted by Crippen LogP contribution is 2.38. The quantitative estimate of drug-likeness (QED) is 0.623. The van der Waals surface area contributed by atoms with Crippen LogP contribution in [0.5, 0.6) is 0 Å². The maximum absolute atomic E-state index is 12.2. The molecule has 1 N–H and O–H groups in total. The van der Waals surface area contributed by atoms with Gasteiger partial charge in [0.05, 0.1) is 10.6 Å². The lowest BCUT2D eigenvalue weighted by Crippen LogP contribution is -2.46. The molecule has 0 bridgehead atoms. The van der Waals surface area contributed by atoms with Crippen molar-refractivity contribution in [2.75, 3.05) is 42.1 Å². The van der Waals surface area contributed by atoms with Gasteiger partial charge in [0.15, 0.2) is 0 Å². The number of piperidine rings is 2. The van der Waals surface area contributed by atoms with E-state index in [4.69, 9.17) is 21.6 Å². The fourth-order valence-electron chi connectivity index (χ4n) is 5.15. The Balaban J connectivity index is 1.29. The number of benzene rings is 1. The molecule has 176 valence electrons. The van der Waals surface area contributed by atoms with E-state index in [1.54, 1.807) is 0 Å². The van der Waals surface area contributed by atoms with E-state index in [2.05, 4.69) is 29.3 Å². The lowest BCUT2D eigenvalue weighted by Gasteiger charge is -2.34. The summed E-state index contributed by atoms with van der Waals surface area (Å²) < 4.78 is 0. The van der Waals surface area contributed by atoms with Gasteiger partial charge in [-0.05, 0) is 49.3 Å². The van der Waals surface area contributed by atoms with Crippen LogP contribution >= 0.6 is 23.4 Å². The number of rotatable bonds is 6. The molecule has 4 heterocycles. The van der Waals surface area contributed by atoms with Gasteiger partial charge in [-0.3, -0.25) is 4.79 Å². The standard InChI is InChI=1S/C25H32ClN5OS/c1-2-12-31-16-20(7-8-22(31)32)27-24-23-21(11-15-33-23)28-25(29-24)30-13-9-18(10-14-30)17-3-5-19(26)6-4-17/h3-6,18,20H,2,7-16H2,1H3,(H,27,28,29)/t20-/m0/s1. The summed E-state index contributed by atoms with van der Waals surface area (Å²) in [6.07, 6.45) is 5.66. The summed E-state index contributed by atoms with van der Waals surface area (Å²) in [6, 6.07) is 8.54. The number of anilines is 2. The second-order valence-corrected chi connectivity index (χ2v) is 10.8. The van der Waals surface area contributed by atoms with Gasteiger partial charge >= 0.3 is 0 Å². The van der Waals surface area contributed by atoms with Gasteiger partial charge < -0.3 is 15.1 Å². The van der Waals surface area contributed by atoms with E-state index in [0.29, 0.717) is 12.3 Å². The zero-order valence-electron chi connectivity index (χ0n) is 19.2. The number of aromatic nitrogens is 2. The summed E-state index contributed by atoms with van der Waals surface area (Å²) in [5, 5.41) is 4.50. The Hall–Kier alpha value is -1.99. The first-order chi connectivity index (χ1) is 16.1. The fraction of sp³-hybridized carbons (Fsp3) is 0.560. The van der Waals surface area contributed by atoms with E-state index in [0.717, 1.165) is 80.8 Å². The number of hydrogen-bond donors (Lipinski definition) is 1. The zero-order valence-corrected chi connectivity index (χ0v) is 20.8. The van der Waals surface area contributed by atoms with Crippen molar-refractivity contribution in [2.45, 2.75) is 62.3 Å². The largest absolute Gasteiger partial charge is 0.364 e. The maximum atomic E-state index is 12.2. The van der Waals surface area contributed by atoms with E-state index in [-0.39, 0.29) is 11.9 Å². The lowest BCUT2D eigenvalue weighted by atomic mass is 9.89. The molecule has 6 nitrogen and oxygen atoms in total. The van der Waals surface area contributed by atoms with Crippen molar-refractivity contribution in [3.63, 3.8) is 0 Å². The van der Waals surface area contributed by atoms with Crippen LogP contribution in [0.25, 0.3) is 0 Å². The minimum absolute atomic E-state index is 0.248. The van der Waals surface area contributed by atoms with Gasteiger partial charge in [0, 0.05) is 55.8 Å². The number of likely N-dealkylation sites (tertiary alicyclic amines) is 1. The molecule has 0 radical (unpaired) electrons. The first-order valence-electron chi connectivity index (χ1n) is 12.2. The summed E-state index contributed by atoms with van der Waals surface area (Å²) in [5.74, 6) is 3.72. The van der Waals surface area contributed by atoms with Crippen LogP contribution in [0.1, 0.15) is 56.2 Å². The van der Waals surface area contributed by atoms with Gasteiger partial charge in [-0.15, -0.1) is 11.8 Å². The molecule has 8 heteroatoms. The third kappa shape index (κ3) is 5.09. The molecule has 2 fully saturated rings. The molecule has 1 aromatic carbocycles. The smallest absolute Gasteiger partial charge is 0.227 e. The Kier molecular flexibility index (Phi) is 6.97. The third-order valence-corrected chi connectivity index (χ3v) is 8.34. The molecule has 33 heavy (non-hydrogen) atoms. The molecule has 3 aliphatic heterocycles. The van der Waals surface area contributed by atoms with Gasteiger partial charge in [-0.25, -0.2) is 4.98 Å². The number of amides is 1. The molecule has 0 aliphatic carbocycles. The van der Waals surface area contributed by atoms with Gasteiger partial charge in [0.1, 0.15) is 5.82 Å². The van der Waals surface area contributed by atoms with Crippen molar-refractivity contribution in [3.05, 3.63) is 40.5 Å². The van der Waals surface area contributed by atoms with Crippen LogP contribution in [0.15, 0.2) is 29.2 Å². The Morgan fingerprint density at radius 1 is 1.12 bits per heavy atom. The number of halogens is 1. The zero-order chi connectivity index (χ0) is 22.8. The van der Waals surface area contributed by atoms with E-state index in [1.165, 1.54) is 16.2 Å². The van der Waals surface area contributed by atoms with Crippen molar-refractivity contribution < 1.29 is 4.79 Å². The Morgan fingerprint density at radius 2 is 1.91 bits per heavy atom. The van der Waals surface area contributed by atoms with Crippen LogP contribution < -0.4 is 10.2 Å². The Labute approximate surface area is 205 Å². The van der Waals surface area contributed by atoms with Crippen LogP contribution in [0.4, 0.5) is 11.8 Å². The predicted octanol–water partition coefficient (Wildman–Crippen LogP) is 4.98. The number of carbonyl (C=O) groups excluding carboxylic acids is 1. The molecule has 3 aliphatic rings. The van der Waals surface area contributed by atoms with Crippen molar-refractivity contribution in [2.24, 2.45) is 0 Å². The maximum Gasteiger partial charge on any atom is 0.227 e. The molecule has 1 aromatic heterocycles. The number of nitrogens with one attached hydrogen (secondary N) is 1. The van der Waals surface area contributed by atoms with Crippen LogP contribution in [0.3, 0.4) is 0 Å². The van der Waals surface area contributed by atoms with Crippen molar-refractivity contribution in [1.29, 1.82) is 0 Å². The van der Waals surface area contributed by atoms with E-state index in [1.807, 2.05) is 28.8 Å². The molecule has 1 amide bonds. The lowest BCUT2D eigenvalue weighted by molar-refractivity contribution is -0.133. The summed E-state index contributed by atoms with van der Waals surface area (Å²) >= 11 is 7.92. The number of hydrogen-bond acceptors (Lipinski definition) is 6. The van der Waals surface area contributed by atoms with Crippen LogP contribution in [-0.2, 0) is 11.2 Å².